The first kappa shape index (κ1) is 13.8. The first-order chi connectivity index (χ1) is 9.08. The van der Waals surface area contributed by atoms with E-state index in [0.717, 1.165) is 9.35 Å². The number of thiophene rings is 1. The third-order valence-electron chi connectivity index (χ3n) is 2.41. The largest absolute Gasteiger partial charge is 0.279 e. The summed E-state index contributed by atoms with van der Waals surface area (Å²) in [5.41, 5.74) is 5.26. The molecular weight excluding hydrogens is 328 g/mol. The number of hydrogen-bond donors (Lipinski definition) is 2. The summed E-state index contributed by atoms with van der Waals surface area (Å²) >= 11 is 4.70. The van der Waals surface area contributed by atoms with Gasteiger partial charge < -0.3 is 0 Å². The van der Waals surface area contributed by atoms with Crippen LogP contribution < -0.4 is 10.9 Å². The van der Waals surface area contributed by atoms with Crippen molar-refractivity contribution in [2.24, 2.45) is 0 Å². The standard InChI is InChI=1S/C13H11BrN2O2S/c1-8-10(14)7-11(19-8)13(18)16-15-12(17)9-5-3-2-4-6-9/h2-7H,1H3,(H,15,17)(H,16,18). The van der Waals surface area contributed by atoms with Gasteiger partial charge >= 0.3 is 0 Å². The van der Waals surface area contributed by atoms with E-state index < -0.39 is 0 Å². The van der Waals surface area contributed by atoms with Crippen molar-refractivity contribution >= 4 is 39.1 Å². The maximum Gasteiger partial charge on any atom is 0.279 e. The van der Waals surface area contributed by atoms with Gasteiger partial charge in [0, 0.05) is 14.9 Å². The van der Waals surface area contributed by atoms with Gasteiger partial charge in [-0.25, -0.2) is 0 Å². The van der Waals surface area contributed by atoms with Crippen LogP contribution in [0.5, 0.6) is 0 Å². The van der Waals surface area contributed by atoms with Crippen molar-refractivity contribution in [1.29, 1.82) is 0 Å². The van der Waals surface area contributed by atoms with Crippen LogP contribution in [0, 0.1) is 6.92 Å². The first-order valence-corrected chi connectivity index (χ1v) is 7.10. The normalized spacial score (nSPS) is 10.0. The Balaban J connectivity index is 1.96. The van der Waals surface area contributed by atoms with Crippen LogP contribution in [-0.2, 0) is 0 Å². The Kier molecular flexibility index (Phi) is 4.34. The molecule has 0 aliphatic carbocycles. The lowest BCUT2D eigenvalue weighted by molar-refractivity contribution is 0.0849. The van der Waals surface area contributed by atoms with Crippen molar-refractivity contribution in [1.82, 2.24) is 10.9 Å². The lowest BCUT2D eigenvalue weighted by Gasteiger charge is -2.05. The molecule has 6 heteroatoms. The average Bonchev–Trinajstić information content (AvgIpc) is 2.77. The van der Waals surface area contributed by atoms with Crippen LogP contribution in [0.4, 0.5) is 0 Å². The van der Waals surface area contributed by atoms with Gasteiger partial charge in [-0.2, -0.15) is 0 Å². The Morgan fingerprint density at radius 1 is 1.11 bits per heavy atom. The molecule has 0 saturated heterocycles. The van der Waals surface area contributed by atoms with Crippen LogP contribution in [0.25, 0.3) is 0 Å². The molecule has 98 valence electrons. The summed E-state index contributed by atoms with van der Waals surface area (Å²) in [7, 11) is 0. The predicted molar refractivity (Wildman–Crippen MR) is 78.1 cm³/mol. The molecule has 1 aromatic heterocycles. The van der Waals surface area contributed by atoms with Crippen molar-refractivity contribution in [2.75, 3.05) is 0 Å². The number of carbonyl (C=O) groups excluding carboxylic acids is 2. The molecule has 2 rings (SSSR count). The number of amides is 2. The fourth-order valence-electron chi connectivity index (χ4n) is 1.41. The molecule has 0 atom stereocenters. The van der Waals surface area contributed by atoms with E-state index >= 15 is 0 Å². The van der Waals surface area contributed by atoms with Gasteiger partial charge in [-0.05, 0) is 41.1 Å². The van der Waals surface area contributed by atoms with Crippen molar-refractivity contribution in [3.05, 3.63) is 56.2 Å². The molecule has 0 bridgehead atoms. The van der Waals surface area contributed by atoms with Crippen LogP contribution in [0.2, 0.25) is 0 Å². The number of nitrogens with one attached hydrogen (secondary N) is 2. The van der Waals surface area contributed by atoms with Crippen LogP contribution in [0.1, 0.15) is 24.9 Å². The summed E-state index contributed by atoms with van der Waals surface area (Å²) in [6, 6.07) is 10.4. The molecule has 0 saturated carbocycles. The molecule has 2 amide bonds. The zero-order valence-corrected chi connectivity index (χ0v) is 12.5. The van der Waals surface area contributed by atoms with E-state index in [4.69, 9.17) is 0 Å². The molecule has 1 aromatic carbocycles. The number of rotatable bonds is 2. The lowest BCUT2D eigenvalue weighted by Crippen LogP contribution is -2.41. The minimum Gasteiger partial charge on any atom is -0.267 e. The fraction of sp³-hybridized carbons (Fsp3) is 0.0769. The van der Waals surface area contributed by atoms with Gasteiger partial charge in [0.15, 0.2) is 0 Å². The van der Waals surface area contributed by atoms with Crippen molar-refractivity contribution in [3.63, 3.8) is 0 Å². The summed E-state index contributed by atoms with van der Waals surface area (Å²) in [4.78, 5) is 25.1. The molecule has 19 heavy (non-hydrogen) atoms. The SMILES string of the molecule is Cc1sc(C(=O)NNC(=O)c2ccccc2)cc1Br. The van der Waals surface area contributed by atoms with E-state index in [1.165, 1.54) is 11.3 Å². The summed E-state index contributed by atoms with van der Waals surface area (Å²) in [6.07, 6.45) is 0. The summed E-state index contributed by atoms with van der Waals surface area (Å²) in [5.74, 6) is -0.677. The Morgan fingerprint density at radius 2 is 1.74 bits per heavy atom. The van der Waals surface area contributed by atoms with Gasteiger partial charge in [0.05, 0.1) is 4.88 Å². The highest BCUT2D eigenvalue weighted by atomic mass is 79.9. The number of carbonyl (C=O) groups is 2. The quantitative estimate of drug-likeness (QED) is 0.827. The molecular formula is C13H11BrN2O2S. The van der Waals surface area contributed by atoms with Crippen LogP contribution in [0.15, 0.2) is 40.9 Å². The average molecular weight is 339 g/mol. The Morgan fingerprint density at radius 3 is 2.32 bits per heavy atom. The van der Waals surface area contributed by atoms with Crippen molar-refractivity contribution in [3.8, 4) is 0 Å². The van der Waals surface area contributed by atoms with Gasteiger partial charge in [0.25, 0.3) is 11.8 Å². The lowest BCUT2D eigenvalue weighted by atomic mass is 10.2. The zero-order valence-electron chi connectivity index (χ0n) is 10.1. The summed E-state index contributed by atoms with van der Waals surface area (Å²) < 4.78 is 0.886. The summed E-state index contributed by atoms with van der Waals surface area (Å²) in [5, 5.41) is 0. The second kappa shape index (κ2) is 5.99. The minimum atomic E-state index is -0.346. The highest BCUT2D eigenvalue weighted by Gasteiger charge is 2.12. The third-order valence-corrected chi connectivity index (χ3v) is 4.54. The van der Waals surface area contributed by atoms with Gasteiger partial charge in [-0.15, -0.1) is 11.3 Å². The van der Waals surface area contributed by atoms with Crippen LogP contribution in [-0.4, -0.2) is 11.8 Å². The number of aryl methyl sites for hydroxylation is 1. The number of halogens is 1. The molecule has 0 radical (unpaired) electrons. The van der Waals surface area contributed by atoms with Gasteiger partial charge in [0.1, 0.15) is 0 Å². The van der Waals surface area contributed by atoms with Gasteiger partial charge in [-0.1, -0.05) is 18.2 Å². The van der Waals surface area contributed by atoms with Crippen molar-refractivity contribution < 1.29 is 9.59 Å². The van der Waals surface area contributed by atoms with E-state index in [-0.39, 0.29) is 11.8 Å². The highest BCUT2D eigenvalue weighted by Crippen LogP contribution is 2.25. The van der Waals surface area contributed by atoms with E-state index in [9.17, 15) is 9.59 Å². The molecule has 2 N–H and O–H groups in total. The van der Waals surface area contributed by atoms with Crippen molar-refractivity contribution in [2.45, 2.75) is 6.92 Å². The highest BCUT2D eigenvalue weighted by molar-refractivity contribution is 9.10. The third kappa shape index (κ3) is 3.42. The predicted octanol–water partition coefficient (Wildman–Crippen LogP) is 2.89. The molecule has 1 heterocycles. The van der Waals surface area contributed by atoms with E-state index in [0.29, 0.717) is 10.4 Å². The van der Waals surface area contributed by atoms with Gasteiger partial charge in [0.2, 0.25) is 0 Å². The van der Waals surface area contributed by atoms with E-state index in [1.807, 2.05) is 13.0 Å². The monoisotopic (exact) mass is 338 g/mol. The fourth-order valence-corrected chi connectivity index (χ4v) is 2.84. The Hall–Kier alpha value is -1.66. The second-order valence-corrected chi connectivity index (χ2v) is 5.90. The minimum absolute atomic E-state index is 0.330. The molecule has 4 nitrogen and oxygen atoms in total. The Labute approximate surface area is 122 Å². The first-order valence-electron chi connectivity index (χ1n) is 5.49. The van der Waals surface area contributed by atoms with Gasteiger partial charge in [-0.3, -0.25) is 20.4 Å². The topological polar surface area (TPSA) is 58.2 Å². The molecule has 0 unspecified atom stereocenters. The van der Waals surface area contributed by atoms with Crippen LogP contribution in [0.3, 0.4) is 0 Å². The maximum atomic E-state index is 11.8. The maximum absolute atomic E-state index is 11.8. The number of hydrogen-bond acceptors (Lipinski definition) is 3. The molecule has 0 aliphatic heterocycles. The number of hydrazine groups is 1. The summed E-state index contributed by atoms with van der Waals surface area (Å²) in [6.45, 7) is 1.91. The smallest absolute Gasteiger partial charge is 0.267 e. The second-order valence-electron chi connectivity index (χ2n) is 3.79. The molecule has 0 aliphatic rings. The Bertz CT molecular complexity index is 591. The zero-order chi connectivity index (χ0) is 13.8. The number of benzene rings is 1. The molecule has 0 fully saturated rings. The van der Waals surface area contributed by atoms with Crippen LogP contribution >= 0.6 is 27.3 Å². The molecule has 2 aromatic rings. The molecule has 0 spiro atoms. The van der Waals surface area contributed by atoms with E-state index in [2.05, 4.69) is 26.8 Å². The van der Waals surface area contributed by atoms with E-state index in [1.54, 1.807) is 30.3 Å².